The minimum Gasteiger partial charge on any atom is -0.313 e. The zero-order chi connectivity index (χ0) is 10.4. The van der Waals surface area contributed by atoms with E-state index in [1.54, 1.807) is 0 Å². The van der Waals surface area contributed by atoms with Gasteiger partial charge < -0.3 is 5.32 Å². The van der Waals surface area contributed by atoms with E-state index in [1.807, 2.05) is 0 Å². The van der Waals surface area contributed by atoms with Crippen molar-refractivity contribution >= 4 is 11.8 Å². The maximum atomic E-state index is 3.59. The summed E-state index contributed by atoms with van der Waals surface area (Å²) in [6, 6.07) is 0.714. The Morgan fingerprint density at radius 2 is 1.93 bits per heavy atom. The summed E-state index contributed by atoms with van der Waals surface area (Å²) < 4.78 is 0. The highest BCUT2D eigenvalue weighted by atomic mass is 32.2. The summed E-state index contributed by atoms with van der Waals surface area (Å²) in [4.78, 5) is 0. The summed E-state index contributed by atoms with van der Waals surface area (Å²) in [6.45, 7) is 7.95. The molecule has 14 heavy (non-hydrogen) atoms. The van der Waals surface area contributed by atoms with Crippen LogP contribution in [0.15, 0.2) is 0 Å². The van der Waals surface area contributed by atoms with Gasteiger partial charge in [-0.25, -0.2) is 0 Å². The molecule has 0 amide bonds. The molecule has 84 valence electrons. The summed E-state index contributed by atoms with van der Waals surface area (Å²) >= 11 is 2.20. The van der Waals surface area contributed by atoms with Crippen molar-refractivity contribution in [3.05, 3.63) is 0 Å². The molecule has 0 aliphatic heterocycles. The van der Waals surface area contributed by atoms with Gasteiger partial charge in [-0.2, -0.15) is 11.8 Å². The van der Waals surface area contributed by atoms with Gasteiger partial charge in [0, 0.05) is 17.0 Å². The van der Waals surface area contributed by atoms with Gasteiger partial charge in [0.1, 0.15) is 0 Å². The van der Waals surface area contributed by atoms with Gasteiger partial charge >= 0.3 is 0 Å². The van der Waals surface area contributed by atoms with Crippen molar-refractivity contribution in [3.8, 4) is 0 Å². The fourth-order valence-corrected chi connectivity index (χ4v) is 3.69. The average Bonchev–Trinajstić information content (AvgIpc) is 2.64. The summed E-state index contributed by atoms with van der Waals surface area (Å²) in [5.74, 6) is 2.07. The van der Waals surface area contributed by atoms with E-state index in [0.717, 1.165) is 17.7 Å². The van der Waals surface area contributed by atoms with Crippen LogP contribution in [0.25, 0.3) is 0 Å². The molecule has 0 radical (unpaired) electrons. The van der Waals surface area contributed by atoms with Gasteiger partial charge in [-0.1, -0.05) is 33.6 Å². The van der Waals surface area contributed by atoms with E-state index < -0.39 is 0 Å². The lowest BCUT2D eigenvalue weighted by Gasteiger charge is -2.22. The fraction of sp³-hybridized carbons (Fsp3) is 1.00. The minimum atomic E-state index is 0.714. The first-order valence-electron chi connectivity index (χ1n) is 6.09. The maximum Gasteiger partial charge on any atom is 0.0181 e. The molecule has 1 rings (SSSR count). The topological polar surface area (TPSA) is 12.0 Å². The molecule has 0 bridgehead atoms. The van der Waals surface area contributed by atoms with Crippen molar-refractivity contribution in [1.29, 1.82) is 0 Å². The molecule has 1 unspecified atom stereocenters. The van der Waals surface area contributed by atoms with E-state index in [2.05, 4.69) is 37.8 Å². The molecule has 1 fully saturated rings. The second-order valence-electron chi connectivity index (χ2n) is 4.65. The molecule has 1 aliphatic rings. The molecule has 0 aromatic rings. The Morgan fingerprint density at radius 1 is 1.29 bits per heavy atom. The van der Waals surface area contributed by atoms with Gasteiger partial charge in [0.25, 0.3) is 0 Å². The smallest absolute Gasteiger partial charge is 0.0181 e. The summed E-state index contributed by atoms with van der Waals surface area (Å²) in [5.41, 5.74) is 0. The monoisotopic (exact) mass is 215 g/mol. The standard InChI is InChI=1S/C12H25NS/c1-4-13-12(10(2)3)9-14-11-7-5-6-8-11/h10-13H,4-9H2,1-3H3. The molecule has 1 saturated carbocycles. The Morgan fingerprint density at radius 3 is 2.43 bits per heavy atom. The first kappa shape index (κ1) is 12.4. The van der Waals surface area contributed by atoms with Crippen LogP contribution < -0.4 is 5.32 Å². The van der Waals surface area contributed by atoms with Crippen molar-refractivity contribution in [2.45, 2.75) is 57.7 Å². The van der Waals surface area contributed by atoms with Gasteiger partial charge in [0.15, 0.2) is 0 Å². The average molecular weight is 215 g/mol. The van der Waals surface area contributed by atoms with Crippen LogP contribution in [-0.2, 0) is 0 Å². The molecular weight excluding hydrogens is 190 g/mol. The number of hydrogen-bond donors (Lipinski definition) is 1. The SMILES string of the molecule is CCNC(CSC1CCCC1)C(C)C. The predicted molar refractivity (Wildman–Crippen MR) is 67.0 cm³/mol. The highest BCUT2D eigenvalue weighted by molar-refractivity contribution is 7.99. The van der Waals surface area contributed by atoms with Gasteiger partial charge in [-0.05, 0) is 25.3 Å². The fourth-order valence-electron chi connectivity index (χ4n) is 2.04. The van der Waals surface area contributed by atoms with Gasteiger partial charge in [-0.3, -0.25) is 0 Å². The third kappa shape index (κ3) is 4.22. The Hall–Kier alpha value is 0.310. The molecule has 1 N–H and O–H groups in total. The minimum absolute atomic E-state index is 0.714. The molecule has 0 heterocycles. The van der Waals surface area contributed by atoms with E-state index in [1.165, 1.54) is 31.4 Å². The van der Waals surface area contributed by atoms with Crippen LogP contribution in [0, 0.1) is 5.92 Å². The van der Waals surface area contributed by atoms with Crippen molar-refractivity contribution in [2.75, 3.05) is 12.3 Å². The lowest BCUT2D eigenvalue weighted by molar-refractivity contribution is 0.443. The van der Waals surface area contributed by atoms with E-state index >= 15 is 0 Å². The zero-order valence-corrected chi connectivity index (χ0v) is 10.7. The molecule has 1 nitrogen and oxygen atoms in total. The molecule has 1 atom stereocenters. The first-order valence-corrected chi connectivity index (χ1v) is 7.14. The third-order valence-corrected chi connectivity index (χ3v) is 4.58. The molecule has 0 spiro atoms. The van der Waals surface area contributed by atoms with Crippen LogP contribution in [0.5, 0.6) is 0 Å². The zero-order valence-electron chi connectivity index (χ0n) is 9.88. The molecular formula is C12H25NS. The van der Waals surface area contributed by atoms with Gasteiger partial charge in [0.05, 0.1) is 0 Å². The quantitative estimate of drug-likeness (QED) is 0.729. The van der Waals surface area contributed by atoms with E-state index in [4.69, 9.17) is 0 Å². The number of nitrogens with one attached hydrogen (secondary N) is 1. The highest BCUT2D eigenvalue weighted by Crippen LogP contribution is 2.30. The number of thioether (sulfide) groups is 1. The molecule has 1 aliphatic carbocycles. The van der Waals surface area contributed by atoms with Crippen LogP contribution in [-0.4, -0.2) is 23.6 Å². The van der Waals surface area contributed by atoms with Gasteiger partial charge in [-0.15, -0.1) is 0 Å². The Labute approximate surface area is 93.4 Å². The van der Waals surface area contributed by atoms with E-state index in [9.17, 15) is 0 Å². The Kier molecular flexibility index (Phi) is 5.95. The van der Waals surface area contributed by atoms with Crippen molar-refractivity contribution in [2.24, 2.45) is 5.92 Å². The van der Waals surface area contributed by atoms with Crippen molar-refractivity contribution < 1.29 is 0 Å². The lowest BCUT2D eigenvalue weighted by atomic mass is 10.1. The van der Waals surface area contributed by atoms with Crippen LogP contribution in [0.2, 0.25) is 0 Å². The second kappa shape index (κ2) is 6.73. The van der Waals surface area contributed by atoms with Crippen LogP contribution >= 0.6 is 11.8 Å². The van der Waals surface area contributed by atoms with Crippen LogP contribution in [0.4, 0.5) is 0 Å². The maximum absolute atomic E-state index is 3.59. The van der Waals surface area contributed by atoms with Crippen LogP contribution in [0.1, 0.15) is 46.5 Å². The Bertz CT molecular complexity index is 141. The molecule has 0 aromatic carbocycles. The normalized spacial score (nSPS) is 20.6. The van der Waals surface area contributed by atoms with Crippen molar-refractivity contribution in [1.82, 2.24) is 5.32 Å². The second-order valence-corrected chi connectivity index (χ2v) is 5.98. The third-order valence-electron chi connectivity index (χ3n) is 3.08. The molecule has 2 heteroatoms. The lowest BCUT2D eigenvalue weighted by Crippen LogP contribution is -2.36. The summed E-state index contributed by atoms with van der Waals surface area (Å²) in [7, 11) is 0. The van der Waals surface area contributed by atoms with Crippen LogP contribution in [0.3, 0.4) is 0 Å². The molecule has 0 aromatic heterocycles. The highest BCUT2D eigenvalue weighted by Gasteiger charge is 2.18. The largest absolute Gasteiger partial charge is 0.313 e. The number of rotatable bonds is 6. The van der Waals surface area contributed by atoms with E-state index in [-0.39, 0.29) is 0 Å². The number of hydrogen-bond acceptors (Lipinski definition) is 2. The summed E-state index contributed by atoms with van der Waals surface area (Å²) in [6.07, 6.45) is 5.85. The van der Waals surface area contributed by atoms with E-state index in [0.29, 0.717) is 6.04 Å². The van der Waals surface area contributed by atoms with Gasteiger partial charge in [0.2, 0.25) is 0 Å². The first-order chi connectivity index (χ1) is 6.74. The van der Waals surface area contributed by atoms with Crippen molar-refractivity contribution in [3.63, 3.8) is 0 Å². The summed E-state index contributed by atoms with van der Waals surface area (Å²) in [5, 5.41) is 4.55. The Balaban J connectivity index is 2.17. The predicted octanol–water partition coefficient (Wildman–Crippen LogP) is 3.30. The molecule has 0 saturated heterocycles.